The van der Waals surface area contributed by atoms with Gasteiger partial charge in [0.2, 0.25) is 11.7 Å². The zero-order valence-corrected chi connectivity index (χ0v) is 16.2. The number of nitrogens with zero attached hydrogens (tertiary/aromatic N) is 2. The van der Waals surface area contributed by atoms with E-state index in [4.69, 9.17) is 4.74 Å². The van der Waals surface area contributed by atoms with Crippen LogP contribution in [0.4, 0.5) is 10.1 Å². The number of unbranched alkanes of at least 4 members (excludes halogenated alkanes) is 2. The average molecular weight is 394 g/mol. The van der Waals surface area contributed by atoms with Crippen LogP contribution in [0, 0.1) is 15.9 Å². The van der Waals surface area contributed by atoms with Crippen molar-refractivity contribution >= 4 is 17.9 Å². The number of benzene rings is 1. The van der Waals surface area contributed by atoms with E-state index < -0.39 is 22.2 Å². The third-order valence-electron chi connectivity index (χ3n) is 5.22. The number of nitro benzene ring substituents is 1. The molecule has 1 saturated carbocycles. The molecule has 0 radical (unpaired) electrons. The van der Waals surface area contributed by atoms with Gasteiger partial charge in [-0.15, -0.1) is 0 Å². The SMILES string of the molecule is CN(C(=O)CCCCCOc1c(F)ccc(C=O)c1[N+](=O)[O-])C1CCCCC1. The van der Waals surface area contributed by atoms with Crippen LogP contribution in [0.1, 0.15) is 68.1 Å². The number of ether oxygens (including phenoxy) is 1. The molecular formula is C20H27FN2O5. The van der Waals surface area contributed by atoms with Crippen LogP contribution in [0.2, 0.25) is 0 Å². The molecule has 0 heterocycles. The second-order valence-electron chi connectivity index (χ2n) is 7.14. The smallest absolute Gasteiger partial charge is 0.324 e. The molecule has 2 rings (SSSR count). The van der Waals surface area contributed by atoms with Crippen molar-refractivity contribution in [2.45, 2.75) is 63.8 Å². The highest BCUT2D eigenvalue weighted by Gasteiger charge is 2.25. The minimum absolute atomic E-state index is 0.0761. The minimum atomic E-state index is -0.874. The lowest BCUT2D eigenvalue weighted by Gasteiger charge is -2.31. The van der Waals surface area contributed by atoms with Gasteiger partial charge < -0.3 is 9.64 Å². The van der Waals surface area contributed by atoms with Crippen molar-refractivity contribution in [3.05, 3.63) is 33.6 Å². The van der Waals surface area contributed by atoms with Gasteiger partial charge in [-0.25, -0.2) is 4.39 Å². The van der Waals surface area contributed by atoms with Crippen molar-refractivity contribution in [1.82, 2.24) is 4.90 Å². The van der Waals surface area contributed by atoms with Crippen LogP contribution < -0.4 is 4.74 Å². The summed E-state index contributed by atoms with van der Waals surface area (Å²) in [4.78, 5) is 35.4. The Morgan fingerprint density at radius 2 is 2.00 bits per heavy atom. The summed E-state index contributed by atoms with van der Waals surface area (Å²) in [5, 5.41) is 11.1. The zero-order chi connectivity index (χ0) is 20.5. The predicted octanol–water partition coefficient (Wildman–Crippen LogP) is 4.28. The summed E-state index contributed by atoms with van der Waals surface area (Å²) in [6.07, 6.45) is 8.38. The monoisotopic (exact) mass is 394 g/mol. The van der Waals surface area contributed by atoms with Crippen LogP contribution in [-0.2, 0) is 4.79 Å². The third kappa shape index (κ3) is 5.74. The molecule has 0 bridgehead atoms. The van der Waals surface area contributed by atoms with Gasteiger partial charge in [0.1, 0.15) is 0 Å². The van der Waals surface area contributed by atoms with Gasteiger partial charge in [-0.3, -0.25) is 19.7 Å². The van der Waals surface area contributed by atoms with Crippen LogP contribution in [0.5, 0.6) is 5.75 Å². The van der Waals surface area contributed by atoms with Gasteiger partial charge in [-0.05, 0) is 44.2 Å². The van der Waals surface area contributed by atoms with Crippen molar-refractivity contribution in [1.29, 1.82) is 0 Å². The molecule has 1 aliphatic rings. The Kier molecular flexibility index (Phi) is 8.35. The Labute approximate surface area is 164 Å². The molecule has 8 heteroatoms. The molecule has 0 aromatic heterocycles. The highest BCUT2D eigenvalue weighted by molar-refractivity contribution is 5.83. The molecule has 1 aromatic carbocycles. The first-order valence-electron chi connectivity index (χ1n) is 9.76. The van der Waals surface area contributed by atoms with Gasteiger partial charge >= 0.3 is 5.69 Å². The van der Waals surface area contributed by atoms with Crippen molar-refractivity contribution in [3.8, 4) is 5.75 Å². The van der Waals surface area contributed by atoms with E-state index in [1.54, 1.807) is 0 Å². The number of carbonyl (C=O) groups is 2. The fraction of sp³-hybridized carbons (Fsp3) is 0.600. The van der Waals surface area contributed by atoms with Gasteiger partial charge in [0.05, 0.1) is 17.1 Å². The maximum absolute atomic E-state index is 13.9. The molecule has 1 fully saturated rings. The Hall–Kier alpha value is -2.51. The van der Waals surface area contributed by atoms with E-state index in [0.29, 0.717) is 38.0 Å². The summed E-state index contributed by atoms with van der Waals surface area (Å²) in [7, 11) is 1.86. The Morgan fingerprint density at radius 1 is 1.29 bits per heavy atom. The second-order valence-corrected chi connectivity index (χ2v) is 7.14. The van der Waals surface area contributed by atoms with Gasteiger partial charge in [-0.2, -0.15) is 0 Å². The molecule has 0 atom stereocenters. The van der Waals surface area contributed by atoms with E-state index in [1.165, 1.54) is 19.3 Å². The Balaban J connectivity index is 1.75. The van der Waals surface area contributed by atoms with E-state index >= 15 is 0 Å². The second kappa shape index (κ2) is 10.7. The minimum Gasteiger partial charge on any atom is -0.485 e. The molecule has 1 aliphatic carbocycles. The normalized spacial score (nSPS) is 14.5. The van der Waals surface area contributed by atoms with E-state index in [2.05, 4.69) is 0 Å². The Bertz CT molecular complexity index is 704. The summed E-state index contributed by atoms with van der Waals surface area (Å²) in [6.45, 7) is 0.0761. The molecule has 0 unspecified atom stereocenters. The van der Waals surface area contributed by atoms with E-state index in [-0.39, 0.29) is 18.1 Å². The van der Waals surface area contributed by atoms with Crippen LogP contribution >= 0.6 is 0 Å². The number of rotatable bonds is 10. The largest absolute Gasteiger partial charge is 0.485 e. The molecule has 1 amide bonds. The summed E-state index contributed by atoms with van der Waals surface area (Å²) in [6, 6.07) is 2.38. The van der Waals surface area contributed by atoms with Gasteiger partial charge in [0.25, 0.3) is 0 Å². The quantitative estimate of drug-likeness (QED) is 0.256. The fourth-order valence-corrected chi connectivity index (χ4v) is 3.56. The number of nitro groups is 1. The number of hydrogen-bond acceptors (Lipinski definition) is 5. The number of aldehydes is 1. The maximum Gasteiger partial charge on any atom is 0.324 e. The van der Waals surface area contributed by atoms with Gasteiger partial charge in [0, 0.05) is 19.5 Å². The van der Waals surface area contributed by atoms with Crippen LogP contribution in [0.3, 0.4) is 0 Å². The number of hydrogen-bond donors (Lipinski definition) is 0. The van der Waals surface area contributed by atoms with Crippen molar-refractivity contribution in [3.63, 3.8) is 0 Å². The lowest BCUT2D eigenvalue weighted by atomic mass is 9.94. The van der Waals surface area contributed by atoms with Gasteiger partial charge in [0.15, 0.2) is 12.1 Å². The molecule has 1 aromatic rings. The first kappa shape index (κ1) is 21.8. The highest BCUT2D eigenvalue weighted by atomic mass is 19.1. The molecule has 0 spiro atoms. The molecule has 28 heavy (non-hydrogen) atoms. The summed E-state index contributed by atoms with van der Waals surface area (Å²) >= 11 is 0. The summed E-state index contributed by atoms with van der Waals surface area (Å²) in [5.41, 5.74) is -0.878. The Morgan fingerprint density at radius 3 is 2.64 bits per heavy atom. The highest BCUT2D eigenvalue weighted by Crippen LogP contribution is 2.33. The lowest BCUT2D eigenvalue weighted by molar-refractivity contribution is -0.386. The zero-order valence-electron chi connectivity index (χ0n) is 16.2. The average Bonchev–Trinajstić information content (AvgIpc) is 2.70. The topological polar surface area (TPSA) is 89.8 Å². The van der Waals surface area contributed by atoms with E-state index in [9.17, 15) is 24.1 Å². The third-order valence-corrected chi connectivity index (χ3v) is 5.22. The van der Waals surface area contributed by atoms with E-state index in [1.807, 2.05) is 11.9 Å². The molecule has 0 saturated heterocycles. The number of halogens is 1. The molecule has 0 aliphatic heterocycles. The van der Waals surface area contributed by atoms with Crippen LogP contribution in [0.15, 0.2) is 12.1 Å². The fourth-order valence-electron chi connectivity index (χ4n) is 3.56. The van der Waals surface area contributed by atoms with Crippen molar-refractivity contribution in [2.24, 2.45) is 0 Å². The standard InChI is InChI=1S/C20H27FN2O5/c1-22(16-8-4-2-5-9-16)18(25)10-6-3-7-13-28-20-17(21)12-11-15(14-24)19(20)23(26)27/h11-12,14,16H,2-10,13H2,1H3. The van der Waals surface area contributed by atoms with Crippen molar-refractivity contribution in [2.75, 3.05) is 13.7 Å². The van der Waals surface area contributed by atoms with E-state index in [0.717, 1.165) is 25.0 Å². The predicted molar refractivity (Wildman–Crippen MR) is 102 cm³/mol. The van der Waals surface area contributed by atoms with Gasteiger partial charge in [-0.1, -0.05) is 19.3 Å². The number of carbonyl (C=O) groups excluding carboxylic acids is 2. The van der Waals surface area contributed by atoms with Crippen molar-refractivity contribution < 1.29 is 23.6 Å². The molecular weight excluding hydrogens is 367 g/mol. The number of amides is 1. The molecule has 0 N–H and O–H groups in total. The molecule has 154 valence electrons. The lowest BCUT2D eigenvalue weighted by Crippen LogP contribution is -2.38. The summed E-state index contributed by atoms with van der Waals surface area (Å²) < 4.78 is 19.1. The van der Waals surface area contributed by atoms with Crippen LogP contribution in [-0.4, -0.2) is 41.7 Å². The first-order valence-corrected chi connectivity index (χ1v) is 9.76. The first-order chi connectivity index (χ1) is 13.5. The molecule has 7 nitrogen and oxygen atoms in total. The summed E-state index contributed by atoms with van der Waals surface area (Å²) in [5.74, 6) is -1.25. The van der Waals surface area contributed by atoms with Crippen LogP contribution in [0.25, 0.3) is 0 Å². The maximum atomic E-state index is 13.9.